The number of benzene rings is 1. The van der Waals surface area contributed by atoms with Crippen LogP contribution in [0.2, 0.25) is 0 Å². The number of esters is 1. The van der Waals surface area contributed by atoms with Gasteiger partial charge in [0.15, 0.2) is 0 Å². The largest absolute Gasteiger partial charge is 0.465 e. The van der Waals surface area contributed by atoms with Crippen molar-refractivity contribution in [3.05, 3.63) is 47.8 Å². The first kappa shape index (κ1) is 17.4. The zero-order chi connectivity index (χ0) is 17.5. The van der Waals surface area contributed by atoms with Crippen LogP contribution in [0, 0.1) is 0 Å². The minimum absolute atomic E-state index is 0.281. The molecule has 1 N–H and O–H groups in total. The second-order valence-corrected chi connectivity index (χ2v) is 4.94. The van der Waals surface area contributed by atoms with Crippen LogP contribution in [0.15, 0.2) is 36.5 Å². The third-order valence-electron chi connectivity index (χ3n) is 3.49. The first-order valence-electron chi connectivity index (χ1n) is 7.66. The Morgan fingerprint density at radius 2 is 1.79 bits per heavy atom. The minimum atomic E-state index is -0.424. The predicted molar refractivity (Wildman–Crippen MR) is 91.3 cm³/mol. The summed E-state index contributed by atoms with van der Waals surface area (Å²) in [7, 11) is 1.32. The molecule has 1 aromatic heterocycles. The van der Waals surface area contributed by atoms with Gasteiger partial charge in [0.25, 0.3) is 5.91 Å². The first-order valence-corrected chi connectivity index (χ1v) is 7.66. The molecule has 0 bridgehead atoms. The van der Waals surface area contributed by atoms with Crippen LogP contribution in [-0.4, -0.2) is 42.0 Å². The highest BCUT2D eigenvalue weighted by Gasteiger charge is 2.12. The van der Waals surface area contributed by atoms with Gasteiger partial charge in [-0.25, -0.2) is 14.8 Å². The van der Waals surface area contributed by atoms with Gasteiger partial charge in [0, 0.05) is 25.0 Å². The van der Waals surface area contributed by atoms with Gasteiger partial charge in [0.1, 0.15) is 5.69 Å². The van der Waals surface area contributed by atoms with E-state index >= 15 is 0 Å². The summed E-state index contributed by atoms with van der Waals surface area (Å²) < 4.78 is 4.64. The van der Waals surface area contributed by atoms with E-state index in [9.17, 15) is 9.59 Å². The fourth-order valence-electron chi connectivity index (χ4n) is 2.14. The summed E-state index contributed by atoms with van der Waals surface area (Å²) >= 11 is 0. The molecule has 1 heterocycles. The SMILES string of the molecule is CCN(CC)c1nccc(C(=O)Nc2ccc(C(=O)OC)cc2)n1. The van der Waals surface area contributed by atoms with Gasteiger partial charge in [0.2, 0.25) is 5.95 Å². The normalized spacial score (nSPS) is 10.1. The Morgan fingerprint density at radius 3 is 2.38 bits per heavy atom. The molecule has 0 radical (unpaired) electrons. The molecule has 1 aromatic carbocycles. The van der Waals surface area contributed by atoms with Crippen LogP contribution in [0.1, 0.15) is 34.7 Å². The first-order chi connectivity index (χ1) is 11.6. The van der Waals surface area contributed by atoms with E-state index in [1.807, 2.05) is 18.7 Å². The molecule has 0 aliphatic heterocycles. The Labute approximate surface area is 140 Å². The Kier molecular flexibility index (Phi) is 5.83. The molecule has 0 fully saturated rings. The molecular formula is C17H20N4O3. The fraction of sp³-hybridized carbons (Fsp3) is 0.294. The van der Waals surface area contributed by atoms with Gasteiger partial charge in [0.05, 0.1) is 12.7 Å². The number of carbonyl (C=O) groups is 2. The van der Waals surface area contributed by atoms with Gasteiger partial charge < -0.3 is 15.0 Å². The van der Waals surface area contributed by atoms with E-state index in [2.05, 4.69) is 20.0 Å². The van der Waals surface area contributed by atoms with E-state index < -0.39 is 5.97 Å². The maximum Gasteiger partial charge on any atom is 0.337 e. The standard InChI is InChI=1S/C17H20N4O3/c1-4-21(5-2)17-18-11-10-14(20-17)15(22)19-13-8-6-12(7-9-13)16(23)24-3/h6-11H,4-5H2,1-3H3,(H,19,22). The minimum Gasteiger partial charge on any atom is -0.465 e. The second-order valence-electron chi connectivity index (χ2n) is 4.94. The van der Waals surface area contributed by atoms with E-state index in [-0.39, 0.29) is 11.6 Å². The Balaban J connectivity index is 2.12. The smallest absolute Gasteiger partial charge is 0.337 e. The quantitative estimate of drug-likeness (QED) is 0.820. The summed E-state index contributed by atoms with van der Waals surface area (Å²) in [6.07, 6.45) is 1.57. The molecule has 7 nitrogen and oxygen atoms in total. The molecule has 0 saturated heterocycles. The summed E-state index contributed by atoms with van der Waals surface area (Å²) in [4.78, 5) is 34.2. The van der Waals surface area contributed by atoms with Crippen LogP contribution in [0.5, 0.6) is 0 Å². The lowest BCUT2D eigenvalue weighted by atomic mass is 10.2. The molecule has 0 spiro atoms. The lowest BCUT2D eigenvalue weighted by Gasteiger charge is -2.18. The van der Waals surface area contributed by atoms with Gasteiger partial charge in [-0.3, -0.25) is 4.79 Å². The van der Waals surface area contributed by atoms with Crippen LogP contribution in [-0.2, 0) is 4.74 Å². The number of hydrogen-bond acceptors (Lipinski definition) is 6. The van der Waals surface area contributed by atoms with Crippen molar-refractivity contribution < 1.29 is 14.3 Å². The predicted octanol–water partition coefficient (Wildman–Crippen LogP) is 2.36. The Morgan fingerprint density at radius 1 is 1.12 bits per heavy atom. The van der Waals surface area contributed by atoms with E-state index in [0.717, 1.165) is 13.1 Å². The van der Waals surface area contributed by atoms with Crippen LogP contribution in [0.4, 0.5) is 11.6 Å². The molecule has 7 heteroatoms. The zero-order valence-corrected chi connectivity index (χ0v) is 13.9. The van der Waals surface area contributed by atoms with Gasteiger partial charge in [-0.15, -0.1) is 0 Å². The highest BCUT2D eigenvalue weighted by molar-refractivity contribution is 6.03. The van der Waals surface area contributed by atoms with Crippen molar-refractivity contribution in [1.82, 2.24) is 9.97 Å². The number of carbonyl (C=O) groups excluding carboxylic acids is 2. The fourth-order valence-corrected chi connectivity index (χ4v) is 2.14. The molecule has 2 rings (SSSR count). The maximum atomic E-state index is 12.3. The maximum absolute atomic E-state index is 12.3. The third kappa shape index (κ3) is 4.07. The highest BCUT2D eigenvalue weighted by atomic mass is 16.5. The Bertz CT molecular complexity index is 712. The van der Waals surface area contributed by atoms with Crippen molar-refractivity contribution in [3.8, 4) is 0 Å². The van der Waals surface area contributed by atoms with Crippen LogP contribution in [0.25, 0.3) is 0 Å². The number of rotatable bonds is 6. The third-order valence-corrected chi connectivity index (χ3v) is 3.49. The topological polar surface area (TPSA) is 84.4 Å². The lowest BCUT2D eigenvalue weighted by Crippen LogP contribution is -2.25. The molecular weight excluding hydrogens is 308 g/mol. The molecule has 2 aromatic rings. The van der Waals surface area contributed by atoms with Crippen molar-refractivity contribution in [2.45, 2.75) is 13.8 Å². The molecule has 0 atom stereocenters. The van der Waals surface area contributed by atoms with Gasteiger partial charge in [-0.1, -0.05) is 0 Å². The van der Waals surface area contributed by atoms with Crippen LogP contribution >= 0.6 is 0 Å². The molecule has 0 saturated carbocycles. The lowest BCUT2D eigenvalue weighted by molar-refractivity contribution is 0.0600. The summed E-state index contributed by atoms with van der Waals surface area (Å²) in [6, 6.07) is 8.00. The van der Waals surface area contributed by atoms with Crippen molar-refractivity contribution in [1.29, 1.82) is 0 Å². The van der Waals surface area contributed by atoms with Crippen molar-refractivity contribution >= 4 is 23.5 Å². The molecule has 1 amide bonds. The number of aromatic nitrogens is 2. The van der Waals surface area contributed by atoms with E-state index in [0.29, 0.717) is 17.2 Å². The summed E-state index contributed by atoms with van der Waals surface area (Å²) in [5, 5.41) is 2.74. The molecule has 0 aliphatic rings. The molecule has 126 valence electrons. The molecule has 24 heavy (non-hydrogen) atoms. The van der Waals surface area contributed by atoms with Gasteiger partial charge in [-0.2, -0.15) is 0 Å². The van der Waals surface area contributed by atoms with Gasteiger partial charge >= 0.3 is 5.97 Å². The van der Waals surface area contributed by atoms with E-state index in [1.165, 1.54) is 7.11 Å². The van der Waals surface area contributed by atoms with Gasteiger partial charge in [-0.05, 0) is 44.2 Å². The van der Waals surface area contributed by atoms with Crippen molar-refractivity contribution in [2.24, 2.45) is 0 Å². The number of hydrogen-bond donors (Lipinski definition) is 1. The Hall–Kier alpha value is -2.96. The number of methoxy groups -OCH3 is 1. The second kappa shape index (κ2) is 8.05. The number of nitrogens with zero attached hydrogens (tertiary/aromatic N) is 3. The van der Waals surface area contributed by atoms with E-state index in [1.54, 1.807) is 36.5 Å². The average molecular weight is 328 g/mol. The van der Waals surface area contributed by atoms with Crippen LogP contribution in [0.3, 0.4) is 0 Å². The average Bonchev–Trinajstić information content (AvgIpc) is 2.63. The van der Waals surface area contributed by atoms with Crippen molar-refractivity contribution in [3.63, 3.8) is 0 Å². The summed E-state index contributed by atoms with van der Waals surface area (Å²) in [5.41, 5.74) is 1.26. The van der Waals surface area contributed by atoms with Crippen LogP contribution < -0.4 is 10.2 Å². The number of amides is 1. The zero-order valence-electron chi connectivity index (χ0n) is 13.9. The monoisotopic (exact) mass is 328 g/mol. The number of ether oxygens (including phenoxy) is 1. The summed E-state index contributed by atoms with van der Waals surface area (Å²) in [6.45, 7) is 5.53. The highest BCUT2D eigenvalue weighted by Crippen LogP contribution is 2.13. The number of anilines is 2. The molecule has 0 aliphatic carbocycles. The van der Waals surface area contributed by atoms with Crippen molar-refractivity contribution in [2.75, 3.05) is 30.4 Å². The molecule has 0 unspecified atom stereocenters. The summed E-state index contributed by atoms with van der Waals surface area (Å²) in [5.74, 6) is -0.238. The van der Waals surface area contributed by atoms with E-state index in [4.69, 9.17) is 0 Å². The number of nitrogens with one attached hydrogen (secondary N) is 1.